The highest BCUT2D eigenvalue weighted by Gasteiger charge is 2.40. The van der Waals surface area contributed by atoms with Crippen LogP contribution in [0, 0.1) is 0 Å². The number of ether oxygens (including phenoxy) is 2. The quantitative estimate of drug-likeness (QED) is 0.885. The molecule has 0 unspecified atom stereocenters. The van der Waals surface area contributed by atoms with E-state index in [1.54, 1.807) is 29.2 Å². The zero-order valence-corrected chi connectivity index (χ0v) is 15.7. The fourth-order valence-electron chi connectivity index (χ4n) is 3.69. The molecule has 1 N–H and O–H groups in total. The Hall–Kier alpha value is -2.70. The van der Waals surface area contributed by atoms with E-state index in [9.17, 15) is 9.59 Å². The summed E-state index contributed by atoms with van der Waals surface area (Å²) in [5, 5.41) is 2.90. The molecule has 28 heavy (non-hydrogen) atoms. The normalized spacial score (nSPS) is 18.2. The summed E-state index contributed by atoms with van der Waals surface area (Å²) in [6.07, 6.45) is 1.35. The predicted octanol–water partition coefficient (Wildman–Crippen LogP) is 2.60. The van der Waals surface area contributed by atoms with Crippen LogP contribution in [0.2, 0.25) is 0 Å². The Morgan fingerprint density at radius 2 is 1.61 bits per heavy atom. The molecule has 1 spiro atoms. The molecule has 2 aromatic carbocycles. The number of hydrogen-bond acceptors (Lipinski definition) is 4. The number of nitrogens with one attached hydrogen (secondary N) is 1. The summed E-state index contributed by atoms with van der Waals surface area (Å²) < 4.78 is 11.4. The van der Waals surface area contributed by atoms with Crippen molar-refractivity contribution in [3.05, 3.63) is 71.3 Å². The van der Waals surface area contributed by atoms with Gasteiger partial charge in [-0.2, -0.15) is 0 Å². The van der Waals surface area contributed by atoms with Crippen LogP contribution in [0.5, 0.6) is 0 Å². The van der Waals surface area contributed by atoms with Crippen molar-refractivity contribution in [1.29, 1.82) is 0 Å². The number of rotatable bonds is 4. The van der Waals surface area contributed by atoms with Crippen molar-refractivity contribution in [2.24, 2.45) is 0 Å². The van der Waals surface area contributed by atoms with Crippen LogP contribution in [-0.2, 0) is 16.0 Å². The van der Waals surface area contributed by atoms with Crippen LogP contribution in [0.25, 0.3) is 0 Å². The molecule has 2 aromatic rings. The minimum Gasteiger partial charge on any atom is -0.348 e. The zero-order valence-electron chi connectivity index (χ0n) is 15.7. The van der Waals surface area contributed by atoms with Crippen molar-refractivity contribution in [3.63, 3.8) is 0 Å². The molecular weight excluding hydrogens is 356 g/mol. The Morgan fingerprint density at radius 1 is 0.929 bits per heavy atom. The van der Waals surface area contributed by atoms with E-state index in [1.807, 2.05) is 30.3 Å². The van der Waals surface area contributed by atoms with Crippen molar-refractivity contribution in [3.8, 4) is 0 Å². The van der Waals surface area contributed by atoms with Crippen LogP contribution in [0.3, 0.4) is 0 Å². The molecule has 0 atom stereocenters. The van der Waals surface area contributed by atoms with Crippen LogP contribution in [0.15, 0.2) is 54.6 Å². The van der Waals surface area contributed by atoms with Gasteiger partial charge in [0.1, 0.15) is 0 Å². The van der Waals surface area contributed by atoms with Gasteiger partial charge in [0.25, 0.3) is 11.8 Å². The van der Waals surface area contributed by atoms with Gasteiger partial charge < -0.3 is 19.7 Å². The summed E-state index contributed by atoms with van der Waals surface area (Å²) in [5.74, 6) is -0.759. The molecule has 2 saturated heterocycles. The number of carbonyl (C=O) groups excluding carboxylic acids is 2. The lowest BCUT2D eigenvalue weighted by Gasteiger charge is -2.37. The predicted molar refractivity (Wildman–Crippen MR) is 104 cm³/mol. The lowest BCUT2D eigenvalue weighted by molar-refractivity contribution is -0.181. The van der Waals surface area contributed by atoms with Crippen LogP contribution >= 0.6 is 0 Å². The van der Waals surface area contributed by atoms with Gasteiger partial charge in [0.05, 0.1) is 13.2 Å². The third-order valence-corrected chi connectivity index (χ3v) is 5.29. The smallest absolute Gasteiger partial charge is 0.253 e. The third kappa shape index (κ3) is 4.08. The summed E-state index contributed by atoms with van der Waals surface area (Å²) >= 11 is 0. The van der Waals surface area contributed by atoms with Gasteiger partial charge in [-0.1, -0.05) is 36.4 Å². The van der Waals surface area contributed by atoms with Gasteiger partial charge in [-0.15, -0.1) is 0 Å². The first-order valence-electron chi connectivity index (χ1n) is 9.65. The van der Waals surface area contributed by atoms with Gasteiger partial charge in [0, 0.05) is 43.6 Å². The molecule has 6 heteroatoms. The second-order valence-electron chi connectivity index (χ2n) is 7.15. The van der Waals surface area contributed by atoms with Gasteiger partial charge in [0.15, 0.2) is 5.79 Å². The Bertz CT molecular complexity index is 837. The first kappa shape index (κ1) is 18.7. The lowest BCUT2D eigenvalue weighted by atomic mass is 10.0. The van der Waals surface area contributed by atoms with E-state index in [1.165, 1.54) is 0 Å². The molecule has 146 valence electrons. The zero-order chi connectivity index (χ0) is 19.4. The molecule has 2 amide bonds. The van der Waals surface area contributed by atoms with Crippen molar-refractivity contribution in [1.82, 2.24) is 10.2 Å². The summed E-state index contributed by atoms with van der Waals surface area (Å²) in [7, 11) is 0. The number of benzene rings is 2. The molecule has 6 nitrogen and oxygen atoms in total. The first-order chi connectivity index (χ1) is 13.7. The van der Waals surface area contributed by atoms with Crippen molar-refractivity contribution in [2.75, 3.05) is 26.3 Å². The number of hydrogen-bond donors (Lipinski definition) is 1. The summed E-state index contributed by atoms with van der Waals surface area (Å²) in [5.41, 5.74) is 2.04. The highest BCUT2D eigenvalue weighted by atomic mass is 16.7. The van der Waals surface area contributed by atoms with Crippen molar-refractivity contribution < 1.29 is 19.1 Å². The Balaban J connectivity index is 1.37. The highest BCUT2D eigenvalue weighted by molar-refractivity contribution is 5.99. The number of nitrogens with zero attached hydrogens (tertiary/aromatic N) is 1. The van der Waals surface area contributed by atoms with E-state index in [2.05, 4.69) is 5.32 Å². The van der Waals surface area contributed by atoms with Gasteiger partial charge in [-0.3, -0.25) is 9.59 Å². The Morgan fingerprint density at radius 3 is 2.32 bits per heavy atom. The molecule has 0 aromatic heterocycles. The van der Waals surface area contributed by atoms with Gasteiger partial charge >= 0.3 is 0 Å². The molecule has 0 aliphatic carbocycles. The summed E-state index contributed by atoms with van der Waals surface area (Å²) in [4.78, 5) is 27.1. The minimum absolute atomic E-state index is 0.0643. The SMILES string of the molecule is O=C(NCc1ccccc1)c1cccc(C(=O)N2CCC3(CC2)OCCO3)c1. The highest BCUT2D eigenvalue weighted by Crippen LogP contribution is 2.31. The summed E-state index contributed by atoms with van der Waals surface area (Å²) in [6, 6.07) is 16.6. The van der Waals surface area contributed by atoms with Crippen LogP contribution < -0.4 is 5.32 Å². The number of amides is 2. The molecule has 2 fully saturated rings. The molecule has 2 heterocycles. The number of likely N-dealkylation sites (tertiary alicyclic amines) is 1. The minimum atomic E-state index is -0.504. The number of carbonyl (C=O) groups is 2. The van der Waals surface area contributed by atoms with E-state index < -0.39 is 5.79 Å². The number of piperidine rings is 1. The van der Waals surface area contributed by atoms with E-state index >= 15 is 0 Å². The molecule has 2 aliphatic heterocycles. The fourth-order valence-corrected chi connectivity index (χ4v) is 3.69. The second-order valence-corrected chi connectivity index (χ2v) is 7.15. The largest absolute Gasteiger partial charge is 0.348 e. The van der Waals surface area contributed by atoms with Crippen LogP contribution in [0.4, 0.5) is 0 Å². The van der Waals surface area contributed by atoms with Crippen molar-refractivity contribution >= 4 is 11.8 Å². The van der Waals surface area contributed by atoms with Gasteiger partial charge in [-0.05, 0) is 23.8 Å². The maximum absolute atomic E-state index is 12.9. The average molecular weight is 380 g/mol. The molecule has 0 bridgehead atoms. The van der Waals surface area contributed by atoms with Crippen molar-refractivity contribution in [2.45, 2.75) is 25.2 Å². The van der Waals surface area contributed by atoms with Crippen LogP contribution in [-0.4, -0.2) is 48.8 Å². The molecule has 0 saturated carbocycles. The van der Waals surface area contributed by atoms with E-state index in [4.69, 9.17) is 9.47 Å². The lowest BCUT2D eigenvalue weighted by Crippen LogP contribution is -2.47. The summed E-state index contributed by atoms with van der Waals surface area (Å²) in [6.45, 7) is 2.86. The fraction of sp³-hybridized carbons (Fsp3) is 0.364. The Kier molecular flexibility index (Phi) is 5.41. The molecule has 2 aliphatic rings. The average Bonchev–Trinajstić information content (AvgIpc) is 3.21. The Labute approximate surface area is 164 Å². The maximum atomic E-state index is 12.9. The third-order valence-electron chi connectivity index (χ3n) is 5.29. The van der Waals surface area contributed by atoms with Gasteiger partial charge in [-0.25, -0.2) is 0 Å². The van der Waals surface area contributed by atoms with Gasteiger partial charge in [0.2, 0.25) is 0 Å². The molecule has 0 radical (unpaired) electrons. The molecular formula is C22H24N2O4. The first-order valence-corrected chi connectivity index (χ1v) is 9.65. The standard InChI is InChI=1S/C22H24N2O4/c25-20(23-16-17-5-2-1-3-6-17)18-7-4-8-19(15-18)21(26)24-11-9-22(10-12-24)27-13-14-28-22/h1-8,15H,9-14,16H2,(H,23,25). The second kappa shape index (κ2) is 8.12. The van der Waals surface area contributed by atoms with Crippen LogP contribution in [0.1, 0.15) is 39.1 Å². The van der Waals surface area contributed by atoms with E-state index in [0.717, 1.165) is 5.56 Å². The maximum Gasteiger partial charge on any atom is 0.253 e. The van der Waals surface area contributed by atoms with E-state index in [-0.39, 0.29) is 11.8 Å². The van der Waals surface area contributed by atoms with E-state index in [0.29, 0.717) is 56.8 Å². The molecule has 4 rings (SSSR count). The monoisotopic (exact) mass is 380 g/mol. The topological polar surface area (TPSA) is 67.9 Å².